The predicted molar refractivity (Wildman–Crippen MR) is 70.0 cm³/mol. The van der Waals surface area contributed by atoms with Gasteiger partial charge in [-0.1, -0.05) is 30.3 Å². The van der Waals surface area contributed by atoms with Gasteiger partial charge in [0.05, 0.1) is 0 Å². The number of imide groups is 1. The summed E-state index contributed by atoms with van der Waals surface area (Å²) in [4.78, 5) is 24.6. The summed E-state index contributed by atoms with van der Waals surface area (Å²) in [5.41, 5.74) is 1.13. The zero-order valence-corrected chi connectivity index (χ0v) is 10.4. The molecule has 96 valence electrons. The van der Waals surface area contributed by atoms with Crippen LogP contribution in [0.4, 0.5) is 0 Å². The van der Waals surface area contributed by atoms with Crippen molar-refractivity contribution < 1.29 is 12.3 Å². The zero-order valence-electron chi connectivity index (χ0n) is 12.4. The molecule has 3 heteroatoms. The standard InChI is InChI=1S/C15H19NO2/c17-14(16-12-6-11-15(16)18)10-5-4-9-13-7-2-1-3-8-13/h1-3,7-8H,4-6,9-12H2/i10D2. The van der Waals surface area contributed by atoms with E-state index >= 15 is 0 Å². The average molecular weight is 247 g/mol. The minimum atomic E-state index is -1.95. The SMILES string of the molecule is [2H]C([2H])(CCCc1ccccc1)C(=O)N1CCCC1=O. The van der Waals surface area contributed by atoms with Crippen LogP contribution in [0.1, 0.15) is 40.4 Å². The number of carbonyl (C=O) groups is 2. The van der Waals surface area contributed by atoms with E-state index in [1.807, 2.05) is 30.3 Å². The molecule has 3 nitrogen and oxygen atoms in total. The Morgan fingerprint density at radius 3 is 2.72 bits per heavy atom. The lowest BCUT2D eigenvalue weighted by Gasteiger charge is -2.12. The van der Waals surface area contributed by atoms with E-state index in [4.69, 9.17) is 2.74 Å². The van der Waals surface area contributed by atoms with Crippen LogP contribution in [0, 0.1) is 0 Å². The molecule has 0 aliphatic carbocycles. The molecule has 18 heavy (non-hydrogen) atoms. The number of rotatable bonds is 5. The van der Waals surface area contributed by atoms with Gasteiger partial charge in [-0.05, 0) is 31.2 Å². The second-order valence-corrected chi connectivity index (χ2v) is 4.47. The Morgan fingerprint density at radius 2 is 2.06 bits per heavy atom. The summed E-state index contributed by atoms with van der Waals surface area (Å²) in [7, 11) is 0. The number of benzene rings is 1. The number of carbonyl (C=O) groups excluding carboxylic acids is 2. The molecule has 1 aliphatic rings. The third kappa shape index (κ3) is 3.42. The van der Waals surface area contributed by atoms with E-state index < -0.39 is 12.3 Å². The van der Waals surface area contributed by atoms with Gasteiger partial charge in [-0.15, -0.1) is 0 Å². The van der Waals surface area contributed by atoms with Gasteiger partial charge in [-0.25, -0.2) is 0 Å². The molecule has 2 amide bonds. The van der Waals surface area contributed by atoms with E-state index in [0.29, 0.717) is 25.8 Å². The largest absolute Gasteiger partial charge is 0.283 e. The molecule has 0 spiro atoms. The van der Waals surface area contributed by atoms with Gasteiger partial charge >= 0.3 is 0 Å². The van der Waals surface area contributed by atoms with E-state index in [9.17, 15) is 9.59 Å². The molecule has 1 aromatic carbocycles. The van der Waals surface area contributed by atoms with Crippen LogP contribution >= 0.6 is 0 Å². The van der Waals surface area contributed by atoms with Crippen LogP contribution in [-0.4, -0.2) is 23.3 Å². The first-order chi connectivity index (χ1) is 9.50. The molecular weight excluding hydrogens is 226 g/mol. The van der Waals surface area contributed by atoms with E-state index in [-0.39, 0.29) is 12.3 Å². The van der Waals surface area contributed by atoms with E-state index in [2.05, 4.69) is 0 Å². The van der Waals surface area contributed by atoms with Crippen LogP contribution in [0.5, 0.6) is 0 Å². The number of hydrogen-bond donors (Lipinski definition) is 0. The molecule has 0 bridgehead atoms. The summed E-state index contributed by atoms with van der Waals surface area (Å²) in [5.74, 6) is -0.921. The van der Waals surface area contributed by atoms with E-state index in [0.717, 1.165) is 16.9 Å². The smallest absolute Gasteiger partial charge is 0.229 e. The molecule has 0 saturated carbocycles. The average Bonchev–Trinajstić information content (AvgIpc) is 2.85. The number of likely N-dealkylation sites (tertiary alicyclic amines) is 1. The third-order valence-corrected chi connectivity index (χ3v) is 3.08. The molecule has 0 atom stereocenters. The summed E-state index contributed by atoms with van der Waals surface area (Å²) >= 11 is 0. The molecule has 1 saturated heterocycles. The van der Waals surface area contributed by atoms with Crippen LogP contribution in [0.15, 0.2) is 30.3 Å². The molecule has 2 rings (SSSR count). The van der Waals surface area contributed by atoms with Gasteiger partial charge in [0.15, 0.2) is 0 Å². The van der Waals surface area contributed by atoms with Gasteiger partial charge in [-0.3, -0.25) is 14.5 Å². The monoisotopic (exact) mass is 247 g/mol. The maximum Gasteiger partial charge on any atom is 0.229 e. The Balaban J connectivity index is 1.87. The highest BCUT2D eigenvalue weighted by Gasteiger charge is 2.25. The molecule has 1 aromatic rings. The van der Waals surface area contributed by atoms with Crippen molar-refractivity contribution in [3.63, 3.8) is 0 Å². The van der Waals surface area contributed by atoms with Crippen molar-refractivity contribution in [1.29, 1.82) is 0 Å². The summed E-state index contributed by atoms with van der Waals surface area (Å²) in [5, 5.41) is 0. The molecular formula is C15H19NO2. The minimum absolute atomic E-state index is 0.143. The highest BCUT2D eigenvalue weighted by molar-refractivity contribution is 5.96. The Morgan fingerprint density at radius 1 is 1.28 bits per heavy atom. The van der Waals surface area contributed by atoms with Crippen molar-refractivity contribution in [3.8, 4) is 0 Å². The Kier molecular flexibility index (Phi) is 3.62. The van der Waals surface area contributed by atoms with Gasteiger partial charge in [0, 0.05) is 22.1 Å². The summed E-state index contributed by atoms with van der Waals surface area (Å²) in [6.07, 6.45) is 0.516. The molecule has 1 fully saturated rings. The lowest BCUT2D eigenvalue weighted by atomic mass is 10.1. The van der Waals surface area contributed by atoms with Gasteiger partial charge in [-0.2, -0.15) is 0 Å². The summed E-state index contributed by atoms with van der Waals surface area (Å²) in [6, 6.07) is 9.80. The fourth-order valence-electron chi connectivity index (χ4n) is 2.09. The lowest BCUT2D eigenvalue weighted by Crippen LogP contribution is -2.31. The molecule has 1 heterocycles. The first kappa shape index (κ1) is 10.3. The normalized spacial score (nSPS) is 17.6. The number of aryl methyl sites for hydroxylation is 1. The van der Waals surface area contributed by atoms with Crippen molar-refractivity contribution in [3.05, 3.63) is 35.9 Å². The topological polar surface area (TPSA) is 37.4 Å². The van der Waals surface area contributed by atoms with Crippen molar-refractivity contribution in [2.24, 2.45) is 0 Å². The van der Waals surface area contributed by atoms with E-state index in [1.165, 1.54) is 0 Å². The number of amides is 2. The van der Waals surface area contributed by atoms with Gasteiger partial charge < -0.3 is 0 Å². The maximum absolute atomic E-state index is 12.0. The fraction of sp³-hybridized carbons (Fsp3) is 0.467. The van der Waals surface area contributed by atoms with Gasteiger partial charge in [0.2, 0.25) is 11.8 Å². The third-order valence-electron chi connectivity index (χ3n) is 3.08. The van der Waals surface area contributed by atoms with Crippen LogP contribution in [0.3, 0.4) is 0 Å². The highest BCUT2D eigenvalue weighted by Crippen LogP contribution is 2.13. The van der Waals surface area contributed by atoms with Crippen molar-refractivity contribution in [2.45, 2.75) is 38.5 Å². The fourth-order valence-corrected chi connectivity index (χ4v) is 2.09. The Bertz CT molecular complexity index is 488. The first-order valence-electron chi connectivity index (χ1n) is 7.39. The van der Waals surface area contributed by atoms with Crippen LogP contribution in [-0.2, 0) is 16.0 Å². The second kappa shape index (κ2) is 6.34. The zero-order chi connectivity index (χ0) is 14.6. The predicted octanol–water partition coefficient (Wildman–Crippen LogP) is 2.55. The summed E-state index contributed by atoms with van der Waals surface area (Å²) < 4.78 is 15.8. The molecule has 0 radical (unpaired) electrons. The lowest BCUT2D eigenvalue weighted by molar-refractivity contribution is -0.141. The Hall–Kier alpha value is -1.64. The number of nitrogens with zero attached hydrogens (tertiary/aromatic N) is 1. The number of hydrogen-bond acceptors (Lipinski definition) is 2. The highest BCUT2D eigenvalue weighted by atomic mass is 16.2. The van der Waals surface area contributed by atoms with Crippen molar-refractivity contribution in [2.75, 3.05) is 6.54 Å². The summed E-state index contributed by atoms with van der Waals surface area (Å²) in [6.45, 7) is 0.357. The molecule has 0 unspecified atom stereocenters. The van der Waals surface area contributed by atoms with E-state index in [1.54, 1.807) is 0 Å². The van der Waals surface area contributed by atoms with Gasteiger partial charge in [0.1, 0.15) is 0 Å². The van der Waals surface area contributed by atoms with Crippen LogP contribution < -0.4 is 0 Å². The molecule has 0 aromatic heterocycles. The Labute approximate surface area is 111 Å². The van der Waals surface area contributed by atoms with Crippen molar-refractivity contribution >= 4 is 11.8 Å². The quantitative estimate of drug-likeness (QED) is 0.802. The molecule has 0 N–H and O–H groups in total. The van der Waals surface area contributed by atoms with Crippen molar-refractivity contribution in [1.82, 2.24) is 4.90 Å². The maximum atomic E-state index is 12.0. The van der Waals surface area contributed by atoms with Gasteiger partial charge in [0.25, 0.3) is 0 Å². The minimum Gasteiger partial charge on any atom is -0.283 e. The van der Waals surface area contributed by atoms with Crippen LogP contribution in [0.2, 0.25) is 0 Å². The second-order valence-electron chi connectivity index (χ2n) is 4.47. The molecule has 1 aliphatic heterocycles. The first-order valence-corrected chi connectivity index (χ1v) is 6.39. The van der Waals surface area contributed by atoms with Crippen LogP contribution in [0.25, 0.3) is 0 Å².